The van der Waals surface area contributed by atoms with Crippen LogP contribution >= 0.6 is 0 Å². The van der Waals surface area contributed by atoms with E-state index in [-0.39, 0.29) is 24.6 Å². The summed E-state index contributed by atoms with van der Waals surface area (Å²) >= 11 is 0. The molecule has 126 valence electrons. The third kappa shape index (κ3) is 3.10. The molecule has 2 N–H and O–H groups in total. The number of carbonyl (C=O) groups excluding carboxylic acids is 1. The van der Waals surface area contributed by atoms with E-state index in [1.807, 2.05) is 18.2 Å². The molecule has 1 heterocycles. The van der Waals surface area contributed by atoms with E-state index in [1.165, 1.54) is 13.0 Å². The predicted octanol–water partition coefficient (Wildman–Crippen LogP) is 2.46. The van der Waals surface area contributed by atoms with Gasteiger partial charge < -0.3 is 15.2 Å². The molecule has 1 amide bonds. The summed E-state index contributed by atoms with van der Waals surface area (Å²) in [7, 11) is 0. The van der Waals surface area contributed by atoms with Crippen LogP contribution in [0.2, 0.25) is 0 Å². The molecular weight excluding hydrogens is 316 g/mol. The number of ether oxygens (including phenoxy) is 1. The first-order chi connectivity index (χ1) is 11.4. The Balaban J connectivity index is 1.70. The lowest BCUT2D eigenvalue weighted by Gasteiger charge is -2.25. The first-order valence-electron chi connectivity index (χ1n) is 7.56. The number of aliphatic hydroxyl groups is 1. The Morgan fingerprint density at radius 3 is 2.83 bits per heavy atom. The summed E-state index contributed by atoms with van der Waals surface area (Å²) in [6, 6.07) is 10.2. The largest absolute Gasteiger partial charge is 0.492 e. The van der Waals surface area contributed by atoms with Crippen LogP contribution in [0.5, 0.6) is 5.75 Å². The topological polar surface area (TPSA) is 58.6 Å². The number of carbonyl (C=O) groups is 1. The molecule has 0 bridgehead atoms. The maximum atomic E-state index is 13.8. The molecule has 0 aliphatic carbocycles. The minimum Gasteiger partial charge on any atom is -0.492 e. The lowest BCUT2D eigenvalue weighted by molar-refractivity contribution is -0.124. The summed E-state index contributed by atoms with van der Waals surface area (Å²) in [5.74, 6) is -1.72. The molecule has 2 atom stereocenters. The molecule has 24 heavy (non-hydrogen) atoms. The van der Waals surface area contributed by atoms with E-state index >= 15 is 0 Å². The summed E-state index contributed by atoms with van der Waals surface area (Å²) < 4.78 is 32.3. The Kier molecular flexibility index (Phi) is 4.24. The quantitative estimate of drug-likeness (QED) is 0.904. The second kappa shape index (κ2) is 6.20. The Morgan fingerprint density at radius 1 is 1.33 bits per heavy atom. The SMILES string of the molecule is CC(O)(CNC(=O)C1COc2ccccc21)c1ccc(F)cc1F. The van der Waals surface area contributed by atoms with E-state index < -0.39 is 23.2 Å². The molecule has 0 saturated carbocycles. The van der Waals surface area contributed by atoms with Crippen LogP contribution in [0.15, 0.2) is 42.5 Å². The molecule has 1 aliphatic heterocycles. The van der Waals surface area contributed by atoms with Crippen molar-refractivity contribution in [1.82, 2.24) is 5.32 Å². The van der Waals surface area contributed by atoms with Gasteiger partial charge in [-0.15, -0.1) is 0 Å². The van der Waals surface area contributed by atoms with Gasteiger partial charge in [-0.1, -0.05) is 24.3 Å². The van der Waals surface area contributed by atoms with Crippen molar-refractivity contribution >= 4 is 5.91 Å². The molecule has 0 fully saturated rings. The highest BCUT2D eigenvalue weighted by molar-refractivity contribution is 5.85. The summed E-state index contributed by atoms with van der Waals surface area (Å²) in [4.78, 5) is 12.4. The summed E-state index contributed by atoms with van der Waals surface area (Å²) in [5.41, 5.74) is -0.957. The van der Waals surface area contributed by atoms with E-state index in [4.69, 9.17) is 4.74 Å². The van der Waals surface area contributed by atoms with Crippen LogP contribution in [-0.2, 0) is 10.4 Å². The smallest absolute Gasteiger partial charge is 0.231 e. The van der Waals surface area contributed by atoms with Crippen molar-refractivity contribution in [1.29, 1.82) is 0 Å². The highest BCUT2D eigenvalue weighted by Gasteiger charge is 2.33. The van der Waals surface area contributed by atoms with Crippen molar-refractivity contribution in [3.05, 3.63) is 65.2 Å². The molecule has 0 radical (unpaired) electrons. The fourth-order valence-electron chi connectivity index (χ4n) is 2.78. The second-order valence-corrected chi connectivity index (χ2v) is 6.02. The molecule has 6 heteroatoms. The number of amides is 1. The number of benzene rings is 2. The Hall–Kier alpha value is -2.47. The average Bonchev–Trinajstić information content (AvgIpc) is 2.96. The van der Waals surface area contributed by atoms with Crippen LogP contribution in [0, 0.1) is 11.6 Å². The lowest BCUT2D eigenvalue weighted by atomic mass is 9.94. The van der Waals surface area contributed by atoms with E-state index in [9.17, 15) is 18.7 Å². The number of rotatable bonds is 4. The first kappa shape index (κ1) is 16.4. The molecule has 0 spiro atoms. The standard InChI is InChI=1S/C18H17F2NO3/c1-18(23,14-7-6-11(19)8-15(14)20)10-21-17(22)13-9-24-16-5-3-2-4-12(13)16/h2-8,13,23H,9-10H2,1H3,(H,21,22). The maximum absolute atomic E-state index is 13.8. The van der Waals surface area contributed by atoms with E-state index in [0.29, 0.717) is 11.8 Å². The molecule has 1 aliphatic rings. The van der Waals surface area contributed by atoms with Gasteiger partial charge in [0.05, 0.1) is 6.54 Å². The molecule has 3 rings (SSSR count). The Morgan fingerprint density at radius 2 is 2.08 bits per heavy atom. The van der Waals surface area contributed by atoms with Crippen LogP contribution < -0.4 is 10.1 Å². The van der Waals surface area contributed by atoms with Gasteiger partial charge >= 0.3 is 0 Å². The van der Waals surface area contributed by atoms with Crippen molar-refractivity contribution in [2.24, 2.45) is 0 Å². The van der Waals surface area contributed by atoms with Crippen molar-refractivity contribution in [3.8, 4) is 5.75 Å². The molecule has 2 aromatic carbocycles. The molecule has 4 nitrogen and oxygen atoms in total. The highest BCUT2D eigenvalue weighted by Crippen LogP contribution is 2.33. The number of para-hydroxylation sites is 1. The fourth-order valence-corrected chi connectivity index (χ4v) is 2.78. The van der Waals surface area contributed by atoms with Crippen LogP contribution in [0.4, 0.5) is 8.78 Å². The van der Waals surface area contributed by atoms with Gasteiger partial charge in [0.25, 0.3) is 0 Å². The zero-order chi connectivity index (χ0) is 17.3. The number of halogens is 2. The molecule has 2 aromatic rings. The normalized spacial score (nSPS) is 18.4. The molecule has 0 saturated heterocycles. The third-order valence-corrected chi connectivity index (χ3v) is 4.13. The maximum Gasteiger partial charge on any atom is 0.231 e. The number of hydrogen-bond acceptors (Lipinski definition) is 3. The number of hydrogen-bond donors (Lipinski definition) is 2. The van der Waals surface area contributed by atoms with Gasteiger partial charge in [-0.05, 0) is 19.1 Å². The minimum atomic E-state index is -1.66. The number of nitrogens with one attached hydrogen (secondary N) is 1. The van der Waals surface area contributed by atoms with Gasteiger partial charge in [-0.25, -0.2) is 8.78 Å². The monoisotopic (exact) mass is 333 g/mol. The zero-order valence-corrected chi connectivity index (χ0v) is 13.1. The summed E-state index contributed by atoms with van der Waals surface area (Å²) in [6.07, 6.45) is 0. The minimum absolute atomic E-state index is 0.0766. The number of fused-ring (bicyclic) bond motifs is 1. The summed E-state index contributed by atoms with van der Waals surface area (Å²) in [5, 5.41) is 13.1. The average molecular weight is 333 g/mol. The van der Waals surface area contributed by atoms with E-state index in [2.05, 4.69) is 5.32 Å². The highest BCUT2D eigenvalue weighted by atomic mass is 19.1. The van der Waals surface area contributed by atoms with E-state index in [0.717, 1.165) is 11.6 Å². The van der Waals surface area contributed by atoms with E-state index in [1.54, 1.807) is 6.07 Å². The lowest BCUT2D eigenvalue weighted by Crippen LogP contribution is -2.41. The zero-order valence-electron chi connectivity index (χ0n) is 13.1. The van der Waals surface area contributed by atoms with Crippen LogP contribution in [0.3, 0.4) is 0 Å². The van der Waals surface area contributed by atoms with Crippen molar-refractivity contribution in [2.75, 3.05) is 13.2 Å². The predicted molar refractivity (Wildman–Crippen MR) is 83.6 cm³/mol. The van der Waals surface area contributed by atoms with Crippen molar-refractivity contribution in [2.45, 2.75) is 18.4 Å². The third-order valence-electron chi connectivity index (χ3n) is 4.13. The van der Waals surface area contributed by atoms with Gasteiger partial charge in [0.1, 0.15) is 35.5 Å². The first-order valence-corrected chi connectivity index (χ1v) is 7.56. The van der Waals surface area contributed by atoms with Gasteiger partial charge in [0.2, 0.25) is 5.91 Å². The molecule has 0 aromatic heterocycles. The Labute approximate surface area is 138 Å². The summed E-state index contributed by atoms with van der Waals surface area (Å²) in [6.45, 7) is 1.38. The van der Waals surface area contributed by atoms with Crippen LogP contribution in [0.25, 0.3) is 0 Å². The van der Waals surface area contributed by atoms with Gasteiger partial charge in [0.15, 0.2) is 0 Å². The van der Waals surface area contributed by atoms with Gasteiger partial charge in [-0.3, -0.25) is 4.79 Å². The van der Waals surface area contributed by atoms with Gasteiger partial charge in [0, 0.05) is 17.2 Å². The Bertz CT molecular complexity index is 777. The second-order valence-electron chi connectivity index (χ2n) is 6.02. The van der Waals surface area contributed by atoms with Crippen molar-refractivity contribution < 1.29 is 23.4 Å². The van der Waals surface area contributed by atoms with Crippen LogP contribution in [0.1, 0.15) is 24.0 Å². The fraction of sp³-hybridized carbons (Fsp3) is 0.278. The van der Waals surface area contributed by atoms with Crippen LogP contribution in [-0.4, -0.2) is 24.2 Å². The molecular formula is C18H17F2NO3. The van der Waals surface area contributed by atoms with Crippen molar-refractivity contribution in [3.63, 3.8) is 0 Å². The molecule has 2 unspecified atom stereocenters. The van der Waals surface area contributed by atoms with Gasteiger partial charge in [-0.2, -0.15) is 0 Å².